The third kappa shape index (κ3) is 2.28. The molecule has 18 heavy (non-hydrogen) atoms. The minimum absolute atomic E-state index is 0.273. The molecule has 104 valence electrons. The highest BCUT2D eigenvalue weighted by atomic mass is 19.3. The van der Waals surface area contributed by atoms with E-state index in [2.05, 4.69) is 0 Å². The van der Waals surface area contributed by atoms with E-state index in [0.717, 1.165) is 19.3 Å². The quantitative estimate of drug-likeness (QED) is 0.745. The Hall–Kier alpha value is -0.250. The van der Waals surface area contributed by atoms with Gasteiger partial charge in [0.25, 0.3) is 5.92 Å². The first-order chi connectivity index (χ1) is 8.36. The van der Waals surface area contributed by atoms with Crippen molar-refractivity contribution in [2.75, 3.05) is 6.61 Å². The Labute approximate surface area is 106 Å². The highest BCUT2D eigenvalue weighted by molar-refractivity contribution is 5.03. The van der Waals surface area contributed by atoms with Crippen LogP contribution in [0.4, 0.5) is 13.2 Å². The summed E-state index contributed by atoms with van der Waals surface area (Å²) in [5, 5.41) is 0. The van der Waals surface area contributed by atoms with Gasteiger partial charge in [-0.1, -0.05) is 0 Å². The van der Waals surface area contributed by atoms with Crippen molar-refractivity contribution < 1.29 is 17.9 Å². The molecule has 4 rings (SSSR count). The first kappa shape index (κ1) is 12.8. The lowest BCUT2D eigenvalue weighted by molar-refractivity contribution is -0.187. The van der Waals surface area contributed by atoms with E-state index in [-0.39, 0.29) is 5.60 Å². The largest absolute Gasteiger partial charge is 0.372 e. The molecule has 0 N–H and O–H groups in total. The Morgan fingerprint density at radius 3 is 1.94 bits per heavy atom. The average molecular weight is 262 g/mol. The Kier molecular flexibility index (Phi) is 2.92. The van der Waals surface area contributed by atoms with Crippen LogP contribution in [-0.4, -0.2) is 24.3 Å². The standard InChI is InChI=1S/C14H21F3O/c1-13(16,17)12(15)8-18-14-5-9-2-10(6-14)4-11(3-9)7-14/h9-12H,2-8H2,1H3. The molecule has 0 aromatic carbocycles. The lowest BCUT2D eigenvalue weighted by Crippen LogP contribution is -2.53. The number of ether oxygens (including phenoxy) is 1. The van der Waals surface area contributed by atoms with Gasteiger partial charge in [-0.2, -0.15) is 0 Å². The van der Waals surface area contributed by atoms with Crippen LogP contribution in [0, 0.1) is 17.8 Å². The molecule has 0 aromatic rings. The third-order valence-corrected chi connectivity index (χ3v) is 5.07. The van der Waals surface area contributed by atoms with Gasteiger partial charge in [0, 0.05) is 6.92 Å². The molecule has 4 heteroatoms. The second-order valence-corrected chi connectivity index (χ2v) is 6.84. The van der Waals surface area contributed by atoms with Crippen LogP contribution >= 0.6 is 0 Å². The molecule has 1 atom stereocenters. The van der Waals surface area contributed by atoms with Gasteiger partial charge in [-0.15, -0.1) is 0 Å². The number of halogens is 3. The van der Waals surface area contributed by atoms with E-state index in [1.165, 1.54) is 19.3 Å². The van der Waals surface area contributed by atoms with Gasteiger partial charge in [-0.05, 0) is 56.3 Å². The maximum absolute atomic E-state index is 13.3. The van der Waals surface area contributed by atoms with Crippen molar-refractivity contribution >= 4 is 0 Å². The van der Waals surface area contributed by atoms with Gasteiger partial charge in [0.05, 0.1) is 12.2 Å². The molecule has 4 fully saturated rings. The molecule has 0 spiro atoms. The van der Waals surface area contributed by atoms with E-state index < -0.39 is 18.7 Å². The van der Waals surface area contributed by atoms with Crippen molar-refractivity contribution in [2.45, 2.75) is 63.1 Å². The van der Waals surface area contributed by atoms with Gasteiger partial charge in [0.2, 0.25) is 0 Å². The third-order valence-electron chi connectivity index (χ3n) is 5.07. The van der Waals surface area contributed by atoms with Gasteiger partial charge in [0.1, 0.15) is 0 Å². The maximum Gasteiger partial charge on any atom is 0.278 e. The van der Waals surface area contributed by atoms with Crippen molar-refractivity contribution in [3.05, 3.63) is 0 Å². The van der Waals surface area contributed by atoms with Crippen LogP contribution in [-0.2, 0) is 4.74 Å². The summed E-state index contributed by atoms with van der Waals surface area (Å²) in [6.45, 7) is 0.177. The van der Waals surface area contributed by atoms with Crippen LogP contribution < -0.4 is 0 Å². The average Bonchev–Trinajstić information content (AvgIpc) is 2.22. The summed E-state index contributed by atoms with van der Waals surface area (Å²) in [6, 6.07) is 0. The predicted molar refractivity (Wildman–Crippen MR) is 62.4 cm³/mol. The number of hydrogen-bond acceptors (Lipinski definition) is 1. The van der Waals surface area contributed by atoms with Crippen molar-refractivity contribution in [1.29, 1.82) is 0 Å². The van der Waals surface area contributed by atoms with E-state index in [0.29, 0.717) is 24.7 Å². The fraction of sp³-hybridized carbons (Fsp3) is 1.00. The maximum atomic E-state index is 13.3. The molecule has 0 amide bonds. The van der Waals surface area contributed by atoms with Gasteiger partial charge in [0.15, 0.2) is 6.17 Å². The molecule has 1 unspecified atom stereocenters. The molecule has 4 aliphatic carbocycles. The molecular formula is C14H21F3O. The summed E-state index contributed by atoms with van der Waals surface area (Å²) >= 11 is 0. The first-order valence-electron chi connectivity index (χ1n) is 7.02. The SMILES string of the molecule is CC(F)(F)C(F)COC12CC3CC(CC(C3)C1)C2. The van der Waals surface area contributed by atoms with E-state index in [4.69, 9.17) is 4.74 Å². The zero-order chi connectivity index (χ0) is 13.0. The molecule has 4 bridgehead atoms. The molecule has 0 saturated heterocycles. The summed E-state index contributed by atoms with van der Waals surface area (Å²) in [4.78, 5) is 0. The highest BCUT2D eigenvalue weighted by Gasteiger charge is 2.52. The Morgan fingerprint density at radius 2 is 1.56 bits per heavy atom. The zero-order valence-electron chi connectivity index (χ0n) is 10.8. The topological polar surface area (TPSA) is 9.23 Å². The Morgan fingerprint density at radius 1 is 1.11 bits per heavy atom. The summed E-state index contributed by atoms with van der Waals surface area (Å²) < 4.78 is 44.6. The number of alkyl halides is 3. The second kappa shape index (κ2) is 4.12. The molecule has 0 aromatic heterocycles. The van der Waals surface area contributed by atoms with Gasteiger partial charge < -0.3 is 4.74 Å². The van der Waals surface area contributed by atoms with E-state index in [9.17, 15) is 13.2 Å². The highest BCUT2D eigenvalue weighted by Crippen LogP contribution is 2.57. The normalized spacial score (nSPS) is 44.3. The summed E-state index contributed by atoms with van der Waals surface area (Å²) in [6.07, 6.45) is 4.51. The molecule has 4 aliphatic rings. The lowest BCUT2D eigenvalue weighted by Gasteiger charge is -2.56. The van der Waals surface area contributed by atoms with Gasteiger partial charge in [-0.3, -0.25) is 0 Å². The van der Waals surface area contributed by atoms with Crippen LogP contribution in [0.5, 0.6) is 0 Å². The van der Waals surface area contributed by atoms with Crippen LogP contribution in [0.15, 0.2) is 0 Å². The molecule has 4 saturated carbocycles. The minimum Gasteiger partial charge on any atom is -0.372 e. The summed E-state index contributed by atoms with van der Waals surface area (Å²) in [5.41, 5.74) is -0.273. The smallest absolute Gasteiger partial charge is 0.278 e. The van der Waals surface area contributed by atoms with Crippen molar-refractivity contribution in [1.82, 2.24) is 0 Å². The minimum atomic E-state index is -3.29. The van der Waals surface area contributed by atoms with Gasteiger partial charge >= 0.3 is 0 Å². The van der Waals surface area contributed by atoms with Crippen molar-refractivity contribution in [2.24, 2.45) is 17.8 Å². The predicted octanol–water partition coefficient (Wildman–Crippen LogP) is 3.97. The Balaban J connectivity index is 1.62. The molecule has 0 radical (unpaired) electrons. The van der Waals surface area contributed by atoms with E-state index in [1.54, 1.807) is 0 Å². The van der Waals surface area contributed by atoms with Crippen LogP contribution in [0.2, 0.25) is 0 Å². The fourth-order valence-corrected chi connectivity index (χ4v) is 4.60. The van der Waals surface area contributed by atoms with Crippen LogP contribution in [0.3, 0.4) is 0 Å². The summed E-state index contributed by atoms with van der Waals surface area (Å²) in [5.74, 6) is -1.22. The first-order valence-corrected chi connectivity index (χ1v) is 7.02. The fourth-order valence-electron chi connectivity index (χ4n) is 4.60. The molecule has 0 heterocycles. The van der Waals surface area contributed by atoms with Crippen LogP contribution in [0.1, 0.15) is 45.4 Å². The molecular weight excluding hydrogens is 241 g/mol. The summed E-state index contributed by atoms with van der Waals surface area (Å²) in [7, 11) is 0. The van der Waals surface area contributed by atoms with Crippen molar-refractivity contribution in [3.63, 3.8) is 0 Å². The lowest BCUT2D eigenvalue weighted by atomic mass is 9.54. The zero-order valence-corrected chi connectivity index (χ0v) is 10.8. The monoisotopic (exact) mass is 262 g/mol. The molecule has 1 nitrogen and oxygen atoms in total. The van der Waals surface area contributed by atoms with Crippen molar-refractivity contribution in [3.8, 4) is 0 Å². The van der Waals surface area contributed by atoms with E-state index >= 15 is 0 Å². The van der Waals surface area contributed by atoms with Gasteiger partial charge in [-0.25, -0.2) is 13.2 Å². The second-order valence-electron chi connectivity index (χ2n) is 6.84. The van der Waals surface area contributed by atoms with E-state index in [1.807, 2.05) is 0 Å². The number of rotatable bonds is 4. The molecule has 0 aliphatic heterocycles. The number of hydrogen-bond donors (Lipinski definition) is 0. The Bertz CT molecular complexity index is 288. The van der Waals surface area contributed by atoms with Crippen LogP contribution in [0.25, 0.3) is 0 Å².